The van der Waals surface area contributed by atoms with Gasteiger partial charge in [0.15, 0.2) is 0 Å². The molecule has 35 heavy (non-hydrogen) atoms. The van der Waals surface area contributed by atoms with Crippen molar-refractivity contribution < 1.29 is 30.7 Å². The van der Waals surface area contributed by atoms with Crippen LogP contribution in [0.5, 0.6) is 5.75 Å². The van der Waals surface area contributed by atoms with E-state index in [1.165, 1.54) is 36.0 Å². The average Bonchev–Trinajstić information content (AvgIpc) is 3.19. The number of nitrogens with one attached hydrogen (secondary N) is 1. The van der Waals surface area contributed by atoms with Crippen molar-refractivity contribution >= 4 is 27.5 Å². The van der Waals surface area contributed by atoms with Crippen LogP contribution in [0.4, 0.5) is 23.2 Å². The molecule has 0 aromatic heterocycles. The van der Waals surface area contributed by atoms with Gasteiger partial charge in [-0.1, -0.05) is 11.8 Å². The Balaban J connectivity index is 1.52. The lowest BCUT2D eigenvalue weighted by atomic mass is 10.1. The fourth-order valence-electron chi connectivity index (χ4n) is 3.63. The molecule has 0 aliphatic carbocycles. The van der Waals surface area contributed by atoms with Gasteiger partial charge in [-0.3, -0.25) is 4.72 Å². The number of nitrogens with zero attached hydrogens (tertiary/aromatic N) is 1. The van der Waals surface area contributed by atoms with E-state index < -0.39 is 33.6 Å². The molecule has 1 aliphatic heterocycles. The summed E-state index contributed by atoms with van der Waals surface area (Å²) < 4.78 is 87.2. The first kappa shape index (κ1) is 25.3. The van der Waals surface area contributed by atoms with Crippen LogP contribution in [-0.2, 0) is 16.2 Å². The molecule has 0 spiro atoms. The van der Waals surface area contributed by atoms with Crippen LogP contribution < -0.4 is 9.46 Å². The van der Waals surface area contributed by atoms with Crippen molar-refractivity contribution in [1.29, 1.82) is 0 Å². The van der Waals surface area contributed by atoms with Crippen LogP contribution in [0.1, 0.15) is 12.0 Å². The Hall–Kier alpha value is -2.76. The number of anilines is 1. The monoisotopic (exact) mass is 526 g/mol. The SMILES string of the molecule is CN1CCC(Oc2cc(NS(=O)(=O)c3ccc(Sc4ccc(F)cc4)cc3)ccc2C(F)(F)F)C1. The molecule has 1 atom stereocenters. The van der Waals surface area contributed by atoms with E-state index in [-0.39, 0.29) is 16.4 Å². The average molecular weight is 527 g/mol. The van der Waals surface area contributed by atoms with Crippen LogP contribution >= 0.6 is 11.8 Å². The molecule has 1 aliphatic rings. The van der Waals surface area contributed by atoms with Crippen LogP contribution in [0.15, 0.2) is 81.4 Å². The molecule has 1 heterocycles. The molecule has 1 fully saturated rings. The van der Waals surface area contributed by atoms with E-state index in [1.807, 2.05) is 11.9 Å². The minimum absolute atomic E-state index is 0.0379. The molecule has 1 unspecified atom stereocenters. The molecule has 0 bridgehead atoms. The van der Waals surface area contributed by atoms with E-state index in [9.17, 15) is 26.0 Å². The second kappa shape index (κ2) is 10.1. The van der Waals surface area contributed by atoms with Crippen molar-refractivity contribution in [1.82, 2.24) is 4.90 Å². The van der Waals surface area contributed by atoms with Gasteiger partial charge in [-0.05, 0) is 74.1 Å². The molecule has 1 saturated heterocycles. The van der Waals surface area contributed by atoms with Crippen molar-refractivity contribution in [3.63, 3.8) is 0 Å². The Labute approximate surface area is 205 Å². The summed E-state index contributed by atoms with van der Waals surface area (Å²) in [5.41, 5.74) is -0.999. The largest absolute Gasteiger partial charge is 0.488 e. The van der Waals surface area contributed by atoms with Gasteiger partial charge in [0, 0.05) is 28.9 Å². The third-order valence-electron chi connectivity index (χ3n) is 5.36. The highest BCUT2D eigenvalue weighted by atomic mass is 32.2. The first-order valence-corrected chi connectivity index (χ1v) is 12.9. The van der Waals surface area contributed by atoms with E-state index >= 15 is 0 Å². The number of benzene rings is 3. The number of hydrogen-bond donors (Lipinski definition) is 1. The predicted octanol–water partition coefficient (Wildman–Crippen LogP) is 5.88. The molecule has 4 rings (SSSR count). The summed E-state index contributed by atoms with van der Waals surface area (Å²) in [6.45, 7) is 1.18. The van der Waals surface area contributed by atoms with E-state index in [1.54, 1.807) is 24.3 Å². The maximum atomic E-state index is 13.5. The van der Waals surface area contributed by atoms with Gasteiger partial charge in [0.2, 0.25) is 0 Å². The number of likely N-dealkylation sites (N-methyl/N-ethyl adjacent to an activating group) is 1. The zero-order chi connectivity index (χ0) is 25.2. The molecule has 1 N–H and O–H groups in total. The number of ether oxygens (including phenoxy) is 1. The van der Waals surface area contributed by atoms with E-state index in [4.69, 9.17) is 4.74 Å². The Morgan fingerprint density at radius 3 is 2.20 bits per heavy atom. The van der Waals surface area contributed by atoms with Gasteiger partial charge >= 0.3 is 6.18 Å². The first-order valence-electron chi connectivity index (χ1n) is 10.6. The molecule has 3 aromatic carbocycles. The molecule has 0 saturated carbocycles. The summed E-state index contributed by atoms with van der Waals surface area (Å²) in [6, 6.07) is 14.8. The molecule has 11 heteroatoms. The van der Waals surface area contributed by atoms with Gasteiger partial charge in [0.25, 0.3) is 10.0 Å². The zero-order valence-electron chi connectivity index (χ0n) is 18.5. The standard InChI is InChI=1S/C24H22F4N2O3S2/c1-30-13-12-18(15-30)33-23-14-17(4-11-22(23)24(26,27)28)29-35(31,32)21-9-7-20(8-10-21)34-19-5-2-16(25)3-6-19/h2-11,14,18,29H,12-13,15H2,1H3. The van der Waals surface area contributed by atoms with Crippen molar-refractivity contribution in [2.24, 2.45) is 0 Å². The smallest absolute Gasteiger partial charge is 0.419 e. The van der Waals surface area contributed by atoms with Gasteiger partial charge in [-0.15, -0.1) is 0 Å². The van der Waals surface area contributed by atoms with Crippen LogP contribution in [0.25, 0.3) is 0 Å². The summed E-state index contributed by atoms with van der Waals surface area (Å²) >= 11 is 1.33. The van der Waals surface area contributed by atoms with Gasteiger partial charge in [-0.2, -0.15) is 13.2 Å². The highest BCUT2D eigenvalue weighted by molar-refractivity contribution is 7.99. The molecule has 3 aromatic rings. The number of sulfonamides is 1. The molecule has 0 amide bonds. The van der Waals surface area contributed by atoms with Crippen LogP contribution in [0, 0.1) is 5.82 Å². The third kappa shape index (κ3) is 6.47. The minimum Gasteiger partial charge on any atom is -0.488 e. The predicted molar refractivity (Wildman–Crippen MR) is 126 cm³/mol. The van der Waals surface area contributed by atoms with E-state index in [0.717, 1.165) is 28.0 Å². The minimum atomic E-state index is -4.64. The maximum absolute atomic E-state index is 13.5. The maximum Gasteiger partial charge on any atom is 0.419 e. The summed E-state index contributed by atoms with van der Waals surface area (Å²) in [5.74, 6) is -0.765. The van der Waals surface area contributed by atoms with Gasteiger partial charge in [0.1, 0.15) is 17.7 Å². The lowest BCUT2D eigenvalue weighted by molar-refractivity contribution is -0.139. The van der Waals surface area contributed by atoms with Crippen LogP contribution in [-0.4, -0.2) is 39.6 Å². The first-order chi connectivity index (χ1) is 16.5. The summed E-state index contributed by atoms with van der Waals surface area (Å²) in [4.78, 5) is 3.41. The third-order valence-corrected chi connectivity index (χ3v) is 7.78. The van der Waals surface area contributed by atoms with Gasteiger partial charge in [-0.25, -0.2) is 12.8 Å². The van der Waals surface area contributed by atoms with Crippen molar-refractivity contribution in [3.05, 3.63) is 78.1 Å². The fourth-order valence-corrected chi connectivity index (χ4v) is 5.49. The van der Waals surface area contributed by atoms with Gasteiger partial charge < -0.3 is 9.64 Å². The number of alkyl halides is 3. The highest BCUT2D eigenvalue weighted by Crippen LogP contribution is 2.39. The highest BCUT2D eigenvalue weighted by Gasteiger charge is 2.36. The fraction of sp³-hybridized carbons (Fsp3) is 0.250. The topological polar surface area (TPSA) is 58.6 Å². The van der Waals surface area contributed by atoms with Gasteiger partial charge in [0.05, 0.1) is 16.1 Å². The Bertz CT molecular complexity index is 1280. The summed E-state index contributed by atoms with van der Waals surface area (Å²) in [7, 11) is -2.21. The van der Waals surface area contributed by atoms with Crippen LogP contribution in [0.3, 0.4) is 0 Å². The Morgan fingerprint density at radius 2 is 1.63 bits per heavy atom. The zero-order valence-corrected chi connectivity index (χ0v) is 20.2. The second-order valence-corrected chi connectivity index (χ2v) is 11.0. The molecule has 186 valence electrons. The summed E-state index contributed by atoms with van der Waals surface area (Å²) in [6.07, 6.45) is -4.49. The Morgan fingerprint density at radius 1 is 1.00 bits per heavy atom. The number of halogens is 4. The Kier molecular flexibility index (Phi) is 7.30. The molecule has 5 nitrogen and oxygen atoms in total. The quantitative estimate of drug-likeness (QED) is 0.390. The number of likely N-dealkylation sites (tertiary alicyclic amines) is 1. The number of hydrogen-bond acceptors (Lipinski definition) is 5. The number of rotatable bonds is 7. The molecular weight excluding hydrogens is 504 g/mol. The van der Waals surface area contributed by atoms with Crippen molar-refractivity contribution in [2.75, 3.05) is 24.9 Å². The lowest BCUT2D eigenvalue weighted by Gasteiger charge is -2.19. The summed E-state index contributed by atoms with van der Waals surface area (Å²) in [5, 5.41) is 0. The van der Waals surface area contributed by atoms with Crippen molar-refractivity contribution in [3.8, 4) is 5.75 Å². The lowest BCUT2D eigenvalue weighted by Crippen LogP contribution is -2.23. The van der Waals surface area contributed by atoms with E-state index in [2.05, 4.69) is 4.72 Å². The second-order valence-electron chi connectivity index (χ2n) is 8.13. The normalized spacial score (nSPS) is 16.9. The van der Waals surface area contributed by atoms with Crippen LogP contribution in [0.2, 0.25) is 0 Å². The van der Waals surface area contributed by atoms with Crippen molar-refractivity contribution in [2.45, 2.75) is 33.4 Å². The molecular formula is C24H22F4N2O3S2. The molecule has 0 radical (unpaired) electrons. The van der Waals surface area contributed by atoms with E-state index in [0.29, 0.717) is 19.5 Å².